The Morgan fingerprint density at radius 1 is 0.613 bits per heavy atom. The minimum Gasteiger partial charge on any atom is -0.334 e. The molecular formula is C9H2F14N2O4S2. The molecule has 182 valence electrons. The first-order valence-corrected chi connectivity index (χ1v) is 9.37. The van der Waals surface area contributed by atoms with Gasteiger partial charge < -0.3 is 4.98 Å². The molecule has 6 nitrogen and oxygen atoms in total. The van der Waals surface area contributed by atoms with E-state index < -0.39 is 70.8 Å². The molecule has 0 radical (unpaired) electrons. The Morgan fingerprint density at radius 2 is 0.935 bits per heavy atom. The van der Waals surface area contributed by atoms with Crippen LogP contribution in [0.25, 0.3) is 0 Å². The number of nitrogens with one attached hydrogen (secondary N) is 1. The fraction of sp³-hybridized carbons (Fsp3) is 0.667. The average molecular weight is 532 g/mol. The summed E-state index contributed by atoms with van der Waals surface area (Å²) in [4.78, 5) is 2.64. The van der Waals surface area contributed by atoms with Crippen molar-refractivity contribution in [1.82, 2.24) is 9.97 Å². The van der Waals surface area contributed by atoms with Crippen LogP contribution in [-0.2, 0) is 19.7 Å². The van der Waals surface area contributed by atoms with Crippen LogP contribution in [0.1, 0.15) is 0 Å². The molecule has 1 heterocycles. The highest BCUT2D eigenvalue weighted by atomic mass is 32.2. The molecule has 0 saturated carbocycles. The molecule has 1 aromatic heterocycles. The average Bonchev–Trinajstić information content (AvgIpc) is 3.02. The Balaban J connectivity index is 3.85. The highest BCUT2D eigenvalue weighted by molar-refractivity contribution is 7.95. The maximum atomic E-state index is 13.5. The van der Waals surface area contributed by atoms with Gasteiger partial charge in [-0.05, 0) is 0 Å². The van der Waals surface area contributed by atoms with Gasteiger partial charge in [-0.2, -0.15) is 61.5 Å². The number of nitrogens with zero attached hydrogens (tertiary/aromatic N) is 1. The first kappa shape index (κ1) is 27.2. The zero-order valence-corrected chi connectivity index (χ0v) is 14.9. The molecule has 0 bridgehead atoms. The van der Waals surface area contributed by atoms with Crippen molar-refractivity contribution in [2.24, 2.45) is 0 Å². The second-order valence-electron chi connectivity index (χ2n) is 5.22. The third-order valence-corrected chi connectivity index (χ3v) is 6.87. The van der Waals surface area contributed by atoms with Gasteiger partial charge in [-0.1, -0.05) is 0 Å². The van der Waals surface area contributed by atoms with Crippen molar-refractivity contribution < 1.29 is 78.3 Å². The van der Waals surface area contributed by atoms with E-state index >= 15 is 0 Å². The predicted octanol–water partition coefficient (Wildman–Crippen LogP) is 3.54. The van der Waals surface area contributed by atoms with E-state index in [0.29, 0.717) is 4.98 Å². The summed E-state index contributed by atoms with van der Waals surface area (Å²) in [6.07, 6.45) is -15.3. The van der Waals surface area contributed by atoms with Gasteiger partial charge in [-0.15, -0.1) is 0 Å². The zero-order valence-electron chi connectivity index (χ0n) is 13.3. The zero-order chi connectivity index (χ0) is 25.3. The van der Waals surface area contributed by atoms with Crippen molar-refractivity contribution >= 4 is 19.7 Å². The lowest BCUT2D eigenvalue weighted by Crippen LogP contribution is -2.57. The Kier molecular flexibility index (Phi) is 5.97. The standard InChI is InChI=1S/C9H2F14N2O4S2/c10-4(11,6(14,15)16)8(20,21)30(26,27)2-3(25-1-24-2)31(28,29)9(22,23)5(12,13)7(17,18)19/h1H,(H,24,25). The Morgan fingerprint density at radius 3 is 1.26 bits per heavy atom. The van der Waals surface area contributed by atoms with Gasteiger partial charge in [0, 0.05) is 0 Å². The summed E-state index contributed by atoms with van der Waals surface area (Å²) >= 11 is 0. The van der Waals surface area contributed by atoms with E-state index in [2.05, 4.69) is 0 Å². The molecule has 0 aromatic carbocycles. The molecule has 0 saturated heterocycles. The number of hydrogen-bond donors (Lipinski definition) is 1. The van der Waals surface area contributed by atoms with Crippen molar-refractivity contribution in [2.45, 2.75) is 44.8 Å². The molecule has 0 spiro atoms. The number of sulfone groups is 2. The lowest BCUT2D eigenvalue weighted by atomic mass is 10.3. The molecule has 22 heteroatoms. The molecule has 0 aliphatic rings. The monoisotopic (exact) mass is 532 g/mol. The van der Waals surface area contributed by atoms with Gasteiger partial charge in [0.15, 0.2) is 10.1 Å². The van der Waals surface area contributed by atoms with Gasteiger partial charge in [0.2, 0.25) is 0 Å². The van der Waals surface area contributed by atoms with Gasteiger partial charge >= 0.3 is 34.7 Å². The van der Waals surface area contributed by atoms with Crippen molar-refractivity contribution in [3.8, 4) is 0 Å². The van der Waals surface area contributed by atoms with Crippen LogP contribution in [0.3, 0.4) is 0 Å². The summed E-state index contributed by atoms with van der Waals surface area (Å²) in [7, 11) is -15.5. The maximum absolute atomic E-state index is 13.5. The summed E-state index contributed by atoms with van der Waals surface area (Å²) in [5.41, 5.74) is 0. The number of rotatable bonds is 6. The van der Waals surface area contributed by atoms with E-state index in [4.69, 9.17) is 0 Å². The van der Waals surface area contributed by atoms with Crippen LogP contribution >= 0.6 is 0 Å². The number of alkyl halides is 14. The third kappa shape index (κ3) is 3.50. The van der Waals surface area contributed by atoms with Gasteiger partial charge in [0.05, 0.1) is 6.33 Å². The SMILES string of the molecule is O=S(=O)(c1nc[nH]c1S(=O)(=O)C(F)(F)C(F)(F)C(F)(F)F)C(F)(F)C(F)(F)C(F)(F)F. The van der Waals surface area contributed by atoms with E-state index in [9.17, 15) is 78.3 Å². The molecule has 0 fully saturated rings. The van der Waals surface area contributed by atoms with Gasteiger partial charge in [0.1, 0.15) is 0 Å². The van der Waals surface area contributed by atoms with Crippen LogP contribution in [0.5, 0.6) is 0 Å². The number of H-pyrrole nitrogens is 1. The first-order chi connectivity index (χ1) is 13.2. The minimum atomic E-state index is -7.78. The Labute approximate surface area is 160 Å². The molecule has 0 atom stereocenters. The van der Waals surface area contributed by atoms with Crippen molar-refractivity contribution in [3.63, 3.8) is 0 Å². The van der Waals surface area contributed by atoms with Crippen LogP contribution in [0, 0.1) is 0 Å². The van der Waals surface area contributed by atoms with E-state index in [1.165, 1.54) is 0 Å². The molecule has 31 heavy (non-hydrogen) atoms. The molecule has 0 amide bonds. The molecule has 0 aliphatic heterocycles. The van der Waals surface area contributed by atoms with Gasteiger partial charge in [-0.3, -0.25) is 0 Å². The van der Waals surface area contributed by atoms with Crippen LogP contribution in [0.4, 0.5) is 61.5 Å². The smallest absolute Gasteiger partial charge is 0.334 e. The van der Waals surface area contributed by atoms with E-state index in [-0.39, 0.29) is 0 Å². The summed E-state index contributed by atoms with van der Waals surface area (Å²) in [5.74, 6) is -15.1. The topological polar surface area (TPSA) is 97.0 Å². The fourth-order valence-corrected chi connectivity index (χ4v) is 4.62. The second kappa shape index (κ2) is 6.81. The van der Waals surface area contributed by atoms with Crippen LogP contribution in [0.2, 0.25) is 0 Å². The van der Waals surface area contributed by atoms with Crippen LogP contribution in [-0.4, -0.2) is 61.5 Å². The molecule has 1 rings (SSSR count). The molecule has 1 N–H and O–H groups in total. The van der Waals surface area contributed by atoms with Crippen molar-refractivity contribution in [2.75, 3.05) is 0 Å². The quantitative estimate of drug-likeness (QED) is 0.566. The lowest BCUT2D eigenvalue weighted by Gasteiger charge is -2.28. The molecular weight excluding hydrogens is 530 g/mol. The van der Waals surface area contributed by atoms with Crippen molar-refractivity contribution in [3.05, 3.63) is 6.33 Å². The van der Waals surface area contributed by atoms with Crippen molar-refractivity contribution in [1.29, 1.82) is 0 Å². The Bertz CT molecular complexity index is 968. The van der Waals surface area contributed by atoms with Gasteiger partial charge in [-0.25, -0.2) is 21.8 Å². The second-order valence-corrected chi connectivity index (χ2v) is 9.06. The van der Waals surface area contributed by atoms with Gasteiger partial charge in [0.25, 0.3) is 19.7 Å². The summed E-state index contributed by atoms with van der Waals surface area (Å²) in [6, 6.07) is 0. The molecule has 0 aliphatic carbocycles. The maximum Gasteiger partial charge on any atom is 0.461 e. The van der Waals surface area contributed by atoms with E-state index in [0.717, 1.165) is 0 Å². The normalized spacial score (nSPS) is 15.9. The summed E-state index contributed by atoms with van der Waals surface area (Å²) in [5, 5.41) is -21.3. The number of aromatic amines is 1. The minimum absolute atomic E-state index is 0.552. The summed E-state index contributed by atoms with van der Waals surface area (Å²) < 4.78 is 225. The molecule has 1 aromatic rings. The fourth-order valence-electron chi connectivity index (χ4n) is 1.57. The van der Waals surface area contributed by atoms with Crippen LogP contribution < -0.4 is 0 Å². The number of imidazole rings is 1. The third-order valence-electron chi connectivity index (χ3n) is 3.21. The largest absolute Gasteiger partial charge is 0.461 e. The van der Waals surface area contributed by atoms with E-state index in [1.807, 2.05) is 4.98 Å². The number of aromatic nitrogens is 2. The lowest BCUT2D eigenvalue weighted by molar-refractivity contribution is -0.332. The molecule has 0 unspecified atom stereocenters. The summed E-state index contributed by atoms with van der Waals surface area (Å²) in [6.45, 7) is 0. The predicted molar refractivity (Wildman–Crippen MR) is 64.9 cm³/mol. The first-order valence-electron chi connectivity index (χ1n) is 6.40. The number of hydrogen-bond acceptors (Lipinski definition) is 5. The highest BCUT2D eigenvalue weighted by Crippen LogP contribution is 2.53. The Hall–Kier alpha value is -1.87. The number of halogens is 14. The highest BCUT2D eigenvalue weighted by Gasteiger charge is 2.81. The van der Waals surface area contributed by atoms with Crippen LogP contribution in [0.15, 0.2) is 16.4 Å². The van der Waals surface area contributed by atoms with E-state index in [1.54, 1.807) is 0 Å².